The number of phenolic OH excluding ortho intramolecular Hbond substituents is 1. The molecule has 24 nitrogen and oxygen atoms in total. The van der Waals surface area contributed by atoms with Crippen molar-refractivity contribution in [3.8, 4) is 5.75 Å². The van der Waals surface area contributed by atoms with Crippen LogP contribution in [0.5, 0.6) is 5.75 Å². The Morgan fingerprint density at radius 3 is 1.98 bits per heavy atom. The first-order valence-corrected chi connectivity index (χ1v) is 25.7. The van der Waals surface area contributed by atoms with Gasteiger partial charge in [0.1, 0.15) is 31.0 Å². The van der Waals surface area contributed by atoms with Crippen molar-refractivity contribution in [1.82, 2.24) is 15.0 Å². The van der Waals surface area contributed by atoms with E-state index in [2.05, 4.69) is 34.7 Å². The normalized spacial score (nSPS) is 12.9. The Labute approximate surface area is 372 Å². The third-order valence-corrected chi connectivity index (χ3v) is 13.9. The molecule has 0 atom stereocenters. The second kappa shape index (κ2) is 18.0. The molecule has 64 heavy (non-hydrogen) atoms. The number of halogens is 1. The van der Waals surface area contributed by atoms with E-state index in [1.165, 1.54) is 11.8 Å². The van der Waals surface area contributed by atoms with Gasteiger partial charge in [-0.2, -0.15) is 57.0 Å². The summed E-state index contributed by atoms with van der Waals surface area (Å²) in [6.45, 7) is 1.59. The first-order chi connectivity index (χ1) is 29.7. The molecule has 340 valence electrons. The number of phenols is 1. The van der Waals surface area contributed by atoms with Gasteiger partial charge in [-0.1, -0.05) is 24.3 Å². The molecule has 7 N–H and O–H groups in total. The van der Waals surface area contributed by atoms with Gasteiger partial charge in [0.25, 0.3) is 40.5 Å². The zero-order valence-corrected chi connectivity index (χ0v) is 37.4. The van der Waals surface area contributed by atoms with Gasteiger partial charge in [-0.25, -0.2) is 4.18 Å². The number of azo groups is 1. The lowest BCUT2D eigenvalue weighted by Crippen LogP contribution is -2.20. The summed E-state index contributed by atoms with van der Waals surface area (Å²) in [6.07, 6.45) is 0. The van der Waals surface area contributed by atoms with E-state index < -0.39 is 126 Å². The molecular weight excluding hydrogens is 994 g/mol. The van der Waals surface area contributed by atoms with E-state index in [9.17, 15) is 65.4 Å². The summed E-state index contributed by atoms with van der Waals surface area (Å²) in [7, 11) is -25.8. The maximum atomic E-state index is 13.0. The highest BCUT2D eigenvalue weighted by Crippen LogP contribution is 2.46. The zero-order valence-electron chi connectivity index (χ0n) is 31.7. The number of hydrogen-bond donors (Lipinski definition) is 7. The molecule has 0 unspecified atom stereocenters. The Bertz CT molecular complexity index is 3490. The lowest BCUT2D eigenvalue weighted by atomic mass is 10.1. The Morgan fingerprint density at radius 1 is 0.703 bits per heavy atom. The van der Waals surface area contributed by atoms with E-state index in [4.69, 9.17) is 16.2 Å². The lowest BCUT2D eigenvalue weighted by Gasteiger charge is -2.22. The summed E-state index contributed by atoms with van der Waals surface area (Å²) >= 11 is 7.42. The highest BCUT2D eigenvalue weighted by Gasteiger charge is 2.29. The number of nitrogens with one attached hydrogen (secondary N) is 1. The van der Waals surface area contributed by atoms with Gasteiger partial charge in [0.2, 0.25) is 17.2 Å². The number of anilines is 4. The average molecular weight is 1020 g/mol. The Hall–Kier alpha value is -5.22. The Balaban J connectivity index is 1.44. The fraction of sp³-hybridized carbons (Fsp3) is 0.121. The molecule has 0 bridgehead atoms. The molecule has 6 aromatic rings. The first-order valence-electron chi connectivity index (χ1n) is 17.2. The topological polar surface area (TPSA) is 380 Å². The van der Waals surface area contributed by atoms with Crippen molar-refractivity contribution >= 4 is 130 Å². The van der Waals surface area contributed by atoms with Gasteiger partial charge in [0.15, 0.2) is 5.75 Å². The Kier molecular flexibility index (Phi) is 13.6. The predicted molar refractivity (Wildman–Crippen MR) is 228 cm³/mol. The number of aromatic nitrogens is 3. The standard InChI is InChI=1S/C33H28ClN7O17S6/c1-2-41(17-5-3-6-18(15-17)59-14-13-58-64(55,56)57)33-37-31(34)36-32(38-33)35-23-11-10-20-22(30(23)63(52,53)54)16-26(61(46,47)48)27(28(20)42)40-39-24-12-9-19-21(29(24)62(49,50)51)7-4-8-25(19)60(43,44)45/h3-12,15-16,42H,2,13-14H2,1H3,(H,43,44,45)(H,46,47,48)(H,49,50,51)(H,52,53,54)(H,55,56,57)(H,35,36,37,38)/b40-39+. The molecule has 0 saturated carbocycles. The molecule has 0 fully saturated rings. The Morgan fingerprint density at radius 2 is 1.36 bits per heavy atom. The molecule has 1 aromatic heterocycles. The van der Waals surface area contributed by atoms with Crippen molar-refractivity contribution < 1.29 is 74.1 Å². The van der Waals surface area contributed by atoms with Crippen LogP contribution in [0.25, 0.3) is 21.5 Å². The van der Waals surface area contributed by atoms with E-state index in [1.54, 1.807) is 36.1 Å². The number of thioether (sulfide) groups is 1. The van der Waals surface area contributed by atoms with E-state index >= 15 is 0 Å². The first kappa shape index (κ1) is 48.2. The third kappa shape index (κ3) is 10.8. The van der Waals surface area contributed by atoms with Gasteiger partial charge < -0.3 is 15.3 Å². The summed E-state index contributed by atoms with van der Waals surface area (Å²) in [6, 6.07) is 14.0. The monoisotopic (exact) mass is 1020 g/mol. The second-order valence-electron chi connectivity index (χ2n) is 12.7. The van der Waals surface area contributed by atoms with Crippen molar-refractivity contribution in [2.75, 3.05) is 29.1 Å². The van der Waals surface area contributed by atoms with Crippen molar-refractivity contribution in [1.29, 1.82) is 0 Å². The van der Waals surface area contributed by atoms with Gasteiger partial charge in [-0.3, -0.25) is 22.8 Å². The predicted octanol–water partition coefficient (Wildman–Crippen LogP) is 5.75. The number of aromatic hydroxyl groups is 1. The third-order valence-electron chi connectivity index (χ3n) is 8.58. The average Bonchev–Trinajstić information content (AvgIpc) is 3.16. The molecule has 0 aliphatic carbocycles. The van der Waals surface area contributed by atoms with Crippen LogP contribution >= 0.6 is 23.4 Å². The van der Waals surface area contributed by atoms with Crippen LogP contribution < -0.4 is 10.2 Å². The van der Waals surface area contributed by atoms with Crippen LogP contribution in [-0.2, 0) is 55.1 Å². The molecule has 0 aliphatic rings. The molecule has 1 heterocycles. The summed E-state index contributed by atoms with van der Waals surface area (Å²) < 4.78 is 176. The van der Waals surface area contributed by atoms with E-state index in [1.807, 2.05) is 0 Å². The van der Waals surface area contributed by atoms with Gasteiger partial charge in [0, 0.05) is 44.4 Å². The van der Waals surface area contributed by atoms with Gasteiger partial charge >= 0.3 is 10.4 Å². The van der Waals surface area contributed by atoms with Crippen molar-refractivity contribution in [3.63, 3.8) is 0 Å². The largest absolute Gasteiger partial charge is 0.505 e. The minimum atomic E-state index is -5.52. The molecule has 5 aromatic carbocycles. The van der Waals surface area contributed by atoms with Crippen LogP contribution in [0.1, 0.15) is 6.92 Å². The fourth-order valence-electron chi connectivity index (χ4n) is 6.15. The van der Waals surface area contributed by atoms with Crippen molar-refractivity contribution in [2.24, 2.45) is 10.2 Å². The smallest absolute Gasteiger partial charge is 0.397 e. The zero-order chi connectivity index (χ0) is 47.2. The summed E-state index contributed by atoms with van der Waals surface area (Å²) in [4.78, 5) is 10.3. The number of nitrogens with zero attached hydrogens (tertiary/aromatic N) is 6. The number of benzene rings is 5. The minimum Gasteiger partial charge on any atom is -0.505 e. The molecule has 0 amide bonds. The quantitative estimate of drug-likeness (QED) is 0.0262. The highest BCUT2D eigenvalue weighted by atomic mass is 35.5. The lowest BCUT2D eigenvalue weighted by molar-refractivity contribution is 0.285. The number of hydrogen-bond acceptors (Lipinski definition) is 20. The molecule has 0 aliphatic heterocycles. The fourth-order valence-corrected chi connectivity index (χ4v) is 10.5. The summed E-state index contributed by atoms with van der Waals surface area (Å²) in [5, 5.41) is 18.6. The molecule has 6 rings (SSSR count). The summed E-state index contributed by atoms with van der Waals surface area (Å²) in [5.74, 6) is -1.58. The number of rotatable bonds is 16. The van der Waals surface area contributed by atoms with E-state index in [0.717, 1.165) is 42.5 Å². The van der Waals surface area contributed by atoms with Gasteiger partial charge in [-0.15, -0.1) is 22.0 Å². The second-order valence-corrected chi connectivity index (χ2v) is 20.8. The van der Waals surface area contributed by atoms with E-state index in [-0.39, 0.29) is 24.9 Å². The van der Waals surface area contributed by atoms with Crippen LogP contribution in [0.3, 0.4) is 0 Å². The highest BCUT2D eigenvalue weighted by molar-refractivity contribution is 7.99. The van der Waals surface area contributed by atoms with Crippen LogP contribution in [0.15, 0.2) is 108 Å². The SMILES string of the molecule is CCN(c1cccc(SCCOS(=O)(=O)O)c1)c1nc(Cl)nc(Nc2ccc3c(O)c(/N=N/c4ccc5c(S(=O)(=O)O)cccc5c4S(=O)(=O)O)c(S(=O)(=O)O)cc3c2S(=O)(=O)O)n1. The molecule has 31 heteroatoms. The summed E-state index contributed by atoms with van der Waals surface area (Å²) in [5.41, 5.74) is -1.92. The number of fused-ring (bicyclic) bond motifs is 2. The van der Waals surface area contributed by atoms with Crippen LogP contribution in [-0.4, -0.2) is 104 Å². The molecule has 0 radical (unpaired) electrons. The van der Waals surface area contributed by atoms with E-state index in [0.29, 0.717) is 16.6 Å². The van der Waals surface area contributed by atoms with Crippen molar-refractivity contribution in [3.05, 3.63) is 78.1 Å². The maximum Gasteiger partial charge on any atom is 0.397 e. The van der Waals surface area contributed by atoms with Crippen LogP contribution in [0, 0.1) is 0 Å². The van der Waals surface area contributed by atoms with Gasteiger partial charge in [-0.05, 0) is 67.1 Å². The van der Waals surface area contributed by atoms with Gasteiger partial charge in [0.05, 0.1) is 12.3 Å². The van der Waals surface area contributed by atoms with Crippen molar-refractivity contribution in [2.45, 2.75) is 31.4 Å². The minimum absolute atomic E-state index is 0.0974. The van der Waals surface area contributed by atoms with Crippen LogP contribution in [0.4, 0.5) is 34.6 Å². The molecule has 0 spiro atoms. The molecular formula is C33H28ClN7O17S6. The van der Waals surface area contributed by atoms with Crippen LogP contribution in [0.2, 0.25) is 5.28 Å². The maximum absolute atomic E-state index is 13.0. The molecule has 0 saturated heterocycles.